The van der Waals surface area contributed by atoms with Crippen LogP contribution in [0.15, 0.2) is 18.2 Å². The van der Waals surface area contributed by atoms with Crippen molar-refractivity contribution in [3.63, 3.8) is 0 Å². The zero-order valence-corrected chi connectivity index (χ0v) is 13.0. The smallest absolute Gasteiger partial charge is 0.106 e. The van der Waals surface area contributed by atoms with Crippen LogP contribution in [-0.2, 0) is 0 Å². The zero-order valence-electron chi connectivity index (χ0n) is 12.1. The van der Waals surface area contributed by atoms with Crippen LogP contribution in [0.2, 0.25) is 0 Å². The van der Waals surface area contributed by atoms with Crippen molar-refractivity contribution in [1.82, 2.24) is 4.90 Å². The van der Waals surface area contributed by atoms with E-state index in [4.69, 9.17) is 18.0 Å². The Hall–Kier alpha value is -1.13. The maximum absolute atomic E-state index is 5.89. The van der Waals surface area contributed by atoms with E-state index in [1.165, 1.54) is 30.6 Å². The second-order valence-corrected chi connectivity index (χ2v) is 6.51. The fourth-order valence-corrected chi connectivity index (χ4v) is 3.26. The second-order valence-electron chi connectivity index (χ2n) is 6.07. The fourth-order valence-electron chi connectivity index (χ4n) is 3.10. The molecule has 2 N–H and O–H groups in total. The summed E-state index contributed by atoms with van der Waals surface area (Å²) < 4.78 is 0. The lowest BCUT2D eigenvalue weighted by Gasteiger charge is -2.37. The molecule has 108 valence electrons. The van der Waals surface area contributed by atoms with Crippen molar-refractivity contribution < 1.29 is 0 Å². The van der Waals surface area contributed by atoms with Crippen LogP contribution in [0.25, 0.3) is 0 Å². The van der Waals surface area contributed by atoms with Gasteiger partial charge in [0, 0.05) is 44.0 Å². The predicted molar refractivity (Wildman–Crippen MR) is 88.4 cm³/mol. The molecule has 1 saturated heterocycles. The van der Waals surface area contributed by atoms with Gasteiger partial charge >= 0.3 is 0 Å². The lowest BCUT2D eigenvalue weighted by molar-refractivity contribution is 0.248. The molecule has 0 amide bonds. The maximum atomic E-state index is 5.89. The fraction of sp³-hybridized carbons (Fsp3) is 0.562. The van der Waals surface area contributed by atoms with E-state index in [0.717, 1.165) is 37.7 Å². The summed E-state index contributed by atoms with van der Waals surface area (Å²) in [6.07, 6.45) is 2.87. The maximum Gasteiger partial charge on any atom is 0.106 e. The van der Waals surface area contributed by atoms with Crippen molar-refractivity contribution in [2.45, 2.75) is 19.8 Å². The molecule has 3 nitrogen and oxygen atoms in total. The average molecular weight is 289 g/mol. The predicted octanol–water partition coefficient (Wildman–Crippen LogP) is 2.16. The summed E-state index contributed by atoms with van der Waals surface area (Å²) in [7, 11) is 0. The number of piperazine rings is 1. The standard InChI is InChI=1S/C16H23N3S/c1-12-3-2-4-14(16(17)20)15(12)19-9-7-18(8-10-19)11-13-5-6-13/h2-4,13H,5-11H2,1H3,(H2,17,20). The monoisotopic (exact) mass is 289 g/mol. The van der Waals surface area contributed by atoms with E-state index >= 15 is 0 Å². The Kier molecular flexibility index (Phi) is 3.94. The van der Waals surface area contributed by atoms with Crippen LogP contribution in [-0.4, -0.2) is 42.6 Å². The summed E-state index contributed by atoms with van der Waals surface area (Å²) in [5, 5.41) is 0. The van der Waals surface area contributed by atoms with Crippen LogP contribution in [0.5, 0.6) is 0 Å². The Morgan fingerprint density at radius 3 is 2.55 bits per heavy atom. The molecule has 1 aliphatic carbocycles. The Morgan fingerprint density at radius 2 is 1.95 bits per heavy atom. The van der Waals surface area contributed by atoms with E-state index in [1.54, 1.807) is 0 Å². The molecule has 20 heavy (non-hydrogen) atoms. The first-order chi connectivity index (χ1) is 9.65. The van der Waals surface area contributed by atoms with Gasteiger partial charge in [-0.05, 0) is 37.3 Å². The van der Waals surface area contributed by atoms with Gasteiger partial charge in [-0.25, -0.2) is 0 Å². The first-order valence-electron chi connectivity index (χ1n) is 7.52. The first-order valence-corrected chi connectivity index (χ1v) is 7.92. The van der Waals surface area contributed by atoms with Gasteiger partial charge in [0.15, 0.2) is 0 Å². The molecule has 2 fully saturated rings. The van der Waals surface area contributed by atoms with E-state index in [9.17, 15) is 0 Å². The van der Waals surface area contributed by atoms with Crippen molar-refractivity contribution >= 4 is 22.9 Å². The van der Waals surface area contributed by atoms with E-state index in [0.29, 0.717) is 4.99 Å². The van der Waals surface area contributed by atoms with Crippen molar-refractivity contribution in [2.75, 3.05) is 37.6 Å². The van der Waals surface area contributed by atoms with Crippen LogP contribution < -0.4 is 10.6 Å². The molecule has 0 unspecified atom stereocenters. The molecule has 1 aromatic rings. The van der Waals surface area contributed by atoms with Gasteiger partial charge in [0.1, 0.15) is 4.99 Å². The van der Waals surface area contributed by atoms with Gasteiger partial charge in [-0.1, -0.05) is 24.4 Å². The number of benzene rings is 1. The minimum Gasteiger partial charge on any atom is -0.389 e. The Bertz CT molecular complexity index is 502. The zero-order chi connectivity index (χ0) is 14.1. The number of nitrogens with two attached hydrogens (primary N) is 1. The van der Waals surface area contributed by atoms with Crippen LogP contribution in [0, 0.1) is 12.8 Å². The molecular formula is C16H23N3S. The highest BCUT2D eigenvalue weighted by atomic mass is 32.1. The van der Waals surface area contributed by atoms with Crippen molar-refractivity contribution in [2.24, 2.45) is 11.7 Å². The minimum atomic E-state index is 0.504. The molecule has 0 radical (unpaired) electrons. The largest absolute Gasteiger partial charge is 0.389 e. The average Bonchev–Trinajstić information content (AvgIpc) is 3.23. The molecule has 3 rings (SSSR count). The highest BCUT2D eigenvalue weighted by Gasteiger charge is 2.27. The number of thiocarbonyl (C=S) groups is 1. The van der Waals surface area contributed by atoms with Crippen LogP contribution in [0.4, 0.5) is 5.69 Å². The van der Waals surface area contributed by atoms with Gasteiger partial charge < -0.3 is 10.6 Å². The molecule has 1 aliphatic heterocycles. The van der Waals surface area contributed by atoms with Gasteiger partial charge in [0.2, 0.25) is 0 Å². The van der Waals surface area contributed by atoms with Gasteiger partial charge in [0.25, 0.3) is 0 Å². The van der Waals surface area contributed by atoms with Gasteiger partial charge in [0.05, 0.1) is 0 Å². The number of anilines is 1. The molecule has 2 aliphatic rings. The Balaban J connectivity index is 1.72. The number of aryl methyl sites for hydroxylation is 1. The number of para-hydroxylation sites is 1. The third-order valence-electron chi connectivity index (χ3n) is 4.41. The van der Waals surface area contributed by atoms with Gasteiger partial charge in [-0.2, -0.15) is 0 Å². The summed E-state index contributed by atoms with van der Waals surface area (Å²) >= 11 is 5.21. The van der Waals surface area contributed by atoms with Crippen molar-refractivity contribution in [1.29, 1.82) is 0 Å². The summed E-state index contributed by atoms with van der Waals surface area (Å²) in [6, 6.07) is 6.23. The van der Waals surface area contributed by atoms with E-state index in [-0.39, 0.29) is 0 Å². The van der Waals surface area contributed by atoms with Gasteiger partial charge in [-0.3, -0.25) is 4.90 Å². The van der Waals surface area contributed by atoms with E-state index < -0.39 is 0 Å². The molecule has 0 aromatic heterocycles. The van der Waals surface area contributed by atoms with Crippen LogP contribution in [0.3, 0.4) is 0 Å². The molecule has 1 aromatic carbocycles. The summed E-state index contributed by atoms with van der Waals surface area (Å²) in [5.41, 5.74) is 9.42. The third-order valence-corrected chi connectivity index (χ3v) is 4.62. The van der Waals surface area contributed by atoms with Crippen molar-refractivity contribution in [3.05, 3.63) is 29.3 Å². The molecule has 4 heteroatoms. The number of hydrogen-bond acceptors (Lipinski definition) is 3. The summed E-state index contributed by atoms with van der Waals surface area (Å²) in [6.45, 7) is 7.90. The molecular weight excluding hydrogens is 266 g/mol. The lowest BCUT2D eigenvalue weighted by Crippen LogP contribution is -2.47. The molecule has 1 saturated carbocycles. The molecule has 0 bridgehead atoms. The van der Waals surface area contributed by atoms with Gasteiger partial charge in [-0.15, -0.1) is 0 Å². The molecule has 0 atom stereocenters. The topological polar surface area (TPSA) is 32.5 Å². The highest BCUT2D eigenvalue weighted by molar-refractivity contribution is 7.80. The SMILES string of the molecule is Cc1cccc(C(N)=S)c1N1CCN(CC2CC2)CC1. The third kappa shape index (κ3) is 2.96. The summed E-state index contributed by atoms with van der Waals surface area (Å²) in [4.78, 5) is 5.56. The van der Waals surface area contributed by atoms with Crippen LogP contribution in [0.1, 0.15) is 24.0 Å². The molecule has 1 heterocycles. The van der Waals surface area contributed by atoms with Crippen LogP contribution >= 0.6 is 12.2 Å². The minimum absolute atomic E-state index is 0.504. The number of rotatable bonds is 4. The van der Waals surface area contributed by atoms with E-state index in [2.05, 4.69) is 22.8 Å². The number of nitrogens with zero attached hydrogens (tertiary/aromatic N) is 2. The Morgan fingerprint density at radius 1 is 1.25 bits per heavy atom. The molecule has 0 spiro atoms. The second kappa shape index (κ2) is 5.70. The number of hydrogen-bond donors (Lipinski definition) is 1. The normalized spacial score (nSPS) is 20.1. The van der Waals surface area contributed by atoms with E-state index in [1.807, 2.05) is 12.1 Å². The van der Waals surface area contributed by atoms with Crippen molar-refractivity contribution in [3.8, 4) is 0 Å². The highest BCUT2D eigenvalue weighted by Crippen LogP contribution is 2.31. The Labute approximate surface area is 126 Å². The first kappa shape index (κ1) is 13.8. The summed E-state index contributed by atoms with van der Waals surface area (Å²) in [5.74, 6) is 0.979. The lowest BCUT2D eigenvalue weighted by atomic mass is 10.1. The quantitative estimate of drug-likeness (QED) is 0.861.